The van der Waals surface area contributed by atoms with E-state index in [1.54, 1.807) is 0 Å². The fourth-order valence-corrected chi connectivity index (χ4v) is 2.85. The van der Waals surface area contributed by atoms with Crippen LogP contribution in [0.3, 0.4) is 0 Å². The second-order valence-electron chi connectivity index (χ2n) is 5.04. The third-order valence-corrected chi connectivity index (χ3v) is 3.78. The van der Waals surface area contributed by atoms with Crippen LogP contribution in [0.1, 0.15) is 32.6 Å². The lowest BCUT2D eigenvalue weighted by molar-refractivity contribution is 0.242. The summed E-state index contributed by atoms with van der Waals surface area (Å²) in [7, 11) is 0. The molecule has 4 heteroatoms. The summed E-state index contributed by atoms with van der Waals surface area (Å²) < 4.78 is 32.0. The van der Waals surface area contributed by atoms with Gasteiger partial charge in [0, 0.05) is 6.04 Å². The normalized spacial score (nSPS) is 22.7. The predicted molar refractivity (Wildman–Crippen MR) is 71.3 cm³/mol. The van der Waals surface area contributed by atoms with E-state index < -0.39 is 11.6 Å². The van der Waals surface area contributed by atoms with Crippen molar-refractivity contribution in [2.75, 3.05) is 13.2 Å². The highest BCUT2D eigenvalue weighted by Gasteiger charge is 2.26. The number of benzene rings is 1. The minimum atomic E-state index is -0.630. The molecule has 0 aliphatic heterocycles. The highest BCUT2D eigenvalue weighted by Crippen LogP contribution is 2.29. The van der Waals surface area contributed by atoms with E-state index >= 15 is 0 Å². The summed E-state index contributed by atoms with van der Waals surface area (Å²) in [5.41, 5.74) is 0. The van der Waals surface area contributed by atoms with Crippen molar-refractivity contribution in [3.8, 4) is 5.75 Å². The first-order valence-electron chi connectivity index (χ1n) is 7.02. The molecule has 0 aromatic heterocycles. The van der Waals surface area contributed by atoms with Crippen LogP contribution in [-0.4, -0.2) is 19.2 Å². The van der Waals surface area contributed by atoms with Gasteiger partial charge in [-0.2, -0.15) is 0 Å². The summed E-state index contributed by atoms with van der Waals surface area (Å²) in [6.07, 6.45) is 4.41. The Balaban J connectivity index is 1.83. The molecular formula is C15H21F2NO. The largest absolute Gasteiger partial charge is 0.488 e. The monoisotopic (exact) mass is 269 g/mol. The highest BCUT2D eigenvalue weighted by atomic mass is 19.1. The lowest BCUT2D eigenvalue weighted by atomic mass is 10.00. The van der Waals surface area contributed by atoms with E-state index in [0.717, 1.165) is 13.0 Å². The number of hydrogen-bond donors (Lipinski definition) is 1. The van der Waals surface area contributed by atoms with Gasteiger partial charge in [0.1, 0.15) is 0 Å². The zero-order valence-electron chi connectivity index (χ0n) is 11.3. The van der Waals surface area contributed by atoms with E-state index in [2.05, 4.69) is 12.2 Å². The van der Waals surface area contributed by atoms with Crippen LogP contribution in [0.25, 0.3) is 0 Å². The van der Waals surface area contributed by atoms with Gasteiger partial charge in [-0.05, 0) is 43.9 Å². The first-order chi connectivity index (χ1) is 9.22. The molecule has 1 saturated carbocycles. The van der Waals surface area contributed by atoms with E-state index in [9.17, 15) is 8.78 Å². The highest BCUT2D eigenvalue weighted by molar-refractivity contribution is 5.25. The lowest BCUT2D eigenvalue weighted by Gasteiger charge is -2.20. The molecule has 1 aromatic carbocycles. The Kier molecular flexibility index (Phi) is 5.14. The van der Waals surface area contributed by atoms with Gasteiger partial charge in [0.25, 0.3) is 0 Å². The molecule has 19 heavy (non-hydrogen) atoms. The minimum Gasteiger partial charge on any atom is -0.488 e. The van der Waals surface area contributed by atoms with Crippen molar-refractivity contribution >= 4 is 0 Å². The van der Waals surface area contributed by atoms with Gasteiger partial charge in [-0.25, -0.2) is 8.78 Å². The first kappa shape index (κ1) is 14.3. The summed E-state index contributed by atoms with van der Waals surface area (Å²) in [6, 6.07) is 4.31. The number of nitrogens with one attached hydrogen (secondary N) is 1. The summed E-state index contributed by atoms with van der Waals surface area (Å²) in [5, 5.41) is 3.46. The molecule has 1 N–H and O–H groups in total. The van der Waals surface area contributed by atoms with Crippen LogP contribution in [-0.2, 0) is 0 Å². The van der Waals surface area contributed by atoms with Crippen LogP contribution in [0.2, 0.25) is 0 Å². The number of ether oxygens (including phenoxy) is 1. The minimum absolute atomic E-state index is 0.250. The van der Waals surface area contributed by atoms with Crippen molar-refractivity contribution in [2.45, 2.75) is 38.6 Å². The van der Waals surface area contributed by atoms with Crippen LogP contribution >= 0.6 is 0 Å². The summed E-state index contributed by atoms with van der Waals surface area (Å²) in [6.45, 7) is 3.43. The fraction of sp³-hybridized carbons (Fsp3) is 0.600. The van der Waals surface area contributed by atoms with E-state index in [-0.39, 0.29) is 5.75 Å². The van der Waals surface area contributed by atoms with Crippen molar-refractivity contribution in [1.29, 1.82) is 0 Å². The molecule has 0 heterocycles. The maximum absolute atomic E-state index is 13.4. The molecule has 2 rings (SSSR count). The van der Waals surface area contributed by atoms with E-state index in [0.29, 0.717) is 18.6 Å². The maximum atomic E-state index is 13.4. The van der Waals surface area contributed by atoms with Crippen molar-refractivity contribution in [1.82, 2.24) is 5.32 Å². The number of hydrogen-bond acceptors (Lipinski definition) is 2. The number of halogens is 2. The molecule has 0 amide bonds. The Morgan fingerprint density at radius 2 is 2.00 bits per heavy atom. The molecule has 2 unspecified atom stereocenters. The molecule has 0 bridgehead atoms. The van der Waals surface area contributed by atoms with Gasteiger partial charge in [-0.3, -0.25) is 0 Å². The SMILES string of the molecule is CCNC1CCCC1CCOc1c(F)cccc1F. The van der Waals surface area contributed by atoms with Crippen LogP contribution in [0.5, 0.6) is 5.75 Å². The standard InChI is InChI=1S/C15H21F2NO/c1-2-18-14-8-3-5-11(14)9-10-19-15-12(16)6-4-7-13(15)17/h4,6-7,11,14,18H,2-3,5,8-10H2,1H3. The van der Waals surface area contributed by atoms with Crippen molar-refractivity contribution in [2.24, 2.45) is 5.92 Å². The second kappa shape index (κ2) is 6.85. The molecule has 0 spiro atoms. The van der Waals surface area contributed by atoms with Crippen LogP contribution in [0.15, 0.2) is 18.2 Å². The van der Waals surface area contributed by atoms with Crippen LogP contribution in [0.4, 0.5) is 8.78 Å². The van der Waals surface area contributed by atoms with E-state index in [1.807, 2.05) is 0 Å². The molecule has 1 aromatic rings. The quantitative estimate of drug-likeness (QED) is 0.853. The van der Waals surface area contributed by atoms with Gasteiger partial charge in [-0.15, -0.1) is 0 Å². The maximum Gasteiger partial charge on any atom is 0.190 e. The van der Waals surface area contributed by atoms with Gasteiger partial charge >= 0.3 is 0 Å². The number of para-hydroxylation sites is 1. The van der Waals surface area contributed by atoms with E-state index in [4.69, 9.17) is 4.74 Å². The fourth-order valence-electron chi connectivity index (χ4n) is 2.85. The zero-order chi connectivity index (χ0) is 13.7. The number of rotatable bonds is 6. The third-order valence-electron chi connectivity index (χ3n) is 3.78. The zero-order valence-corrected chi connectivity index (χ0v) is 11.3. The predicted octanol–water partition coefficient (Wildman–Crippen LogP) is 3.51. The van der Waals surface area contributed by atoms with Crippen molar-refractivity contribution < 1.29 is 13.5 Å². The topological polar surface area (TPSA) is 21.3 Å². The molecule has 2 nitrogen and oxygen atoms in total. The Morgan fingerprint density at radius 3 is 2.68 bits per heavy atom. The van der Waals surface area contributed by atoms with Gasteiger partial charge in [0.15, 0.2) is 17.4 Å². The molecule has 106 valence electrons. The molecular weight excluding hydrogens is 248 g/mol. The molecule has 2 atom stereocenters. The second-order valence-corrected chi connectivity index (χ2v) is 5.04. The summed E-state index contributed by atoms with van der Waals surface area (Å²) in [4.78, 5) is 0. The molecule has 1 fully saturated rings. The average molecular weight is 269 g/mol. The molecule has 0 saturated heterocycles. The summed E-state index contributed by atoms with van der Waals surface area (Å²) >= 11 is 0. The van der Waals surface area contributed by atoms with Gasteiger partial charge in [-0.1, -0.05) is 19.4 Å². The first-order valence-corrected chi connectivity index (χ1v) is 7.02. The molecule has 0 radical (unpaired) electrons. The Hall–Kier alpha value is -1.16. The summed E-state index contributed by atoms with van der Waals surface area (Å²) in [5.74, 6) is -0.959. The smallest absolute Gasteiger partial charge is 0.190 e. The van der Waals surface area contributed by atoms with E-state index in [1.165, 1.54) is 37.5 Å². The van der Waals surface area contributed by atoms with Gasteiger partial charge in [0.05, 0.1) is 6.61 Å². The van der Waals surface area contributed by atoms with Gasteiger partial charge < -0.3 is 10.1 Å². The Morgan fingerprint density at radius 1 is 1.26 bits per heavy atom. The third kappa shape index (κ3) is 3.66. The van der Waals surface area contributed by atoms with Crippen LogP contribution < -0.4 is 10.1 Å². The average Bonchev–Trinajstić information content (AvgIpc) is 2.81. The van der Waals surface area contributed by atoms with Gasteiger partial charge in [0.2, 0.25) is 0 Å². The molecule has 1 aliphatic rings. The lowest BCUT2D eigenvalue weighted by Crippen LogP contribution is -2.32. The Labute approximate surface area is 113 Å². The van der Waals surface area contributed by atoms with Crippen molar-refractivity contribution in [3.63, 3.8) is 0 Å². The van der Waals surface area contributed by atoms with Crippen LogP contribution in [0, 0.1) is 17.6 Å². The van der Waals surface area contributed by atoms with Crippen molar-refractivity contribution in [3.05, 3.63) is 29.8 Å². The molecule has 1 aliphatic carbocycles. The Bertz CT molecular complexity index is 391.